The highest BCUT2D eigenvalue weighted by Crippen LogP contribution is 2.27. The van der Waals surface area contributed by atoms with Gasteiger partial charge in [0.05, 0.1) is 18.6 Å². The zero-order valence-corrected chi connectivity index (χ0v) is 12.6. The Labute approximate surface area is 123 Å². The van der Waals surface area contributed by atoms with Crippen molar-refractivity contribution in [3.05, 3.63) is 17.5 Å². The summed E-state index contributed by atoms with van der Waals surface area (Å²) >= 11 is 6.12. The molecule has 0 radical (unpaired) electrons. The third-order valence-electron chi connectivity index (χ3n) is 3.44. The second-order valence-corrected chi connectivity index (χ2v) is 5.85. The van der Waals surface area contributed by atoms with Crippen LogP contribution in [0, 0.1) is 5.92 Å². The summed E-state index contributed by atoms with van der Waals surface area (Å²) in [7, 11) is 0. The fraction of sp³-hybridized carbons (Fsp3) is 0.571. The lowest BCUT2D eigenvalue weighted by Gasteiger charge is -2.28. The quantitative estimate of drug-likeness (QED) is 0.816. The zero-order valence-electron chi connectivity index (χ0n) is 11.8. The monoisotopic (exact) mass is 294 g/mol. The van der Waals surface area contributed by atoms with Gasteiger partial charge < -0.3 is 14.2 Å². The molecule has 1 fully saturated rings. The van der Waals surface area contributed by atoms with E-state index in [1.54, 1.807) is 0 Å². The van der Waals surface area contributed by atoms with Crippen molar-refractivity contribution < 1.29 is 4.74 Å². The van der Waals surface area contributed by atoms with E-state index in [-0.39, 0.29) is 0 Å². The SMILES string of the molecule is CC(C)Cn1ccc2c(N3CCOCC3)nc(Cl)nc21. The molecule has 0 atom stereocenters. The third-order valence-corrected chi connectivity index (χ3v) is 3.61. The van der Waals surface area contributed by atoms with Crippen LogP contribution in [0.2, 0.25) is 5.28 Å². The maximum atomic E-state index is 6.12. The summed E-state index contributed by atoms with van der Waals surface area (Å²) in [6.07, 6.45) is 2.07. The molecule has 5 nitrogen and oxygen atoms in total. The number of hydrogen-bond donors (Lipinski definition) is 0. The van der Waals surface area contributed by atoms with Crippen molar-refractivity contribution in [2.45, 2.75) is 20.4 Å². The molecule has 0 bridgehead atoms. The van der Waals surface area contributed by atoms with E-state index >= 15 is 0 Å². The molecule has 0 aromatic carbocycles. The molecule has 2 aromatic rings. The third kappa shape index (κ3) is 2.60. The van der Waals surface area contributed by atoms with Gasteiger partial charge in [-0.3, -0.25) is 0 Å². The van der Waals surface area contributed by atoms with Crippen LogP contribution >= 0.6 is 11.6 Å². The van der Waals surface area contributed by atoms with E-state index < -0.39 is 0 Å². The Morgan fingerprint density at radius 3 is 2.75 bits per heavy atom. The molecule has 6 heteroatoms. The van der Waals surface area contributed by atoms with Crippen LogP contribution in [0.3, 0.4) is 0 Å². The number of aromatic nitrogens is 3. The highest BCUT2D eigenvalue weighted by Gasteiger charge is 2.18. The van der Waals surface area contributed by atoms with Crippen molar-refractivity contribution in [2.75, 3.05) is 31.2 Å². The van der Waals surface area contributed by atoms with Gasteiger partial charge in [-0.2, -0.15) is 9.97 Å². The van der Waals surface area contributed by atoms with E-state index in [1.807, 2.05) is 0 Å². The van der Waals surface area contributed by atoms with Crippen molar-refractivity contribution in [2.24, 2.45) is 5.92 Å². The first-order valence-electron chi connectivity index (χ1n) is 7.00. The fourth-order valence-electron chi connectivity index (χ4n) is 2.58. The lowest BCUT2D eigenvalue weighted by Crippen LogP contribution is -2.37. The minimum atomic E-state index is 0.308. The number of nitrogens with zero attached hydrogens (tertiary/aromatic N) is 4. The first kappa shape index (κ1) is 13.6. The molecule has 3 heterocycles. The molecule has 3 rings (SSSR count). The molecule has 1 aliphatic heterocycles. The number of halogens is 1. The molecule has 2 aromatic heterocycles. The summed E-state index contributed by atoms with van der Waals surface area (Å²) in [6, 6.07) is 2.08. The first-order chi connectivity index (χ1) is 9.65. The largest absolute Gasteiger partial charge is 0.378 e. The molecule has 0 saturated carbocycles. The van der Waals surface area contributed by atoms with Gasteiger partial charge in [-0.15, -0.1) is 0 Å². The molecule has 0 unspecified atom stereocenters. The maximum Gasteiger partial charge on any atom is 0.226 e. The Hall–Kier alpha value is -1.33. The molecule has 1 saturated heterocycles. The molecule has 108 valence electrons. The summed E-state index contributed by atoms with van der Waals surface area (Å²) in [5.41, 5.74) is 0.917. The molecular formula is C14H19ClN4O. The summed E-state index contributed by atoms with van der Waals surface area (Å²) < 4.78 is 7.55. The van der Waals surface area contributed by atoms with Gasteiger partial charge in [-0.05, 0) is 23.6 Å². The van der Waals surface area contributed by atoms with E-state index in [2.05, 4.69) is 45.5 Å². The molecule has 0 spiro atoms. The molecule has 20 heavy (non-hydrogen) atoms. The maximum absolute atomic E-state index is 6.12. The van der Waals surface area contributed by atoms with Gasteiger partial charge in [0, 0.05) is 25.8 Å². The van der Waals surface area contributed by atoms with Gasteiger partial charge in [0.15, 0.2) is 0 Å². The van der Waals surface area contributed by atoms with Crippen LogP contribution in [0.4, 0.5) is 5.82 Å². The lowest BCUT2D eigenvalue weighted by atomic mass is 10.2. The van der Waals surface area contributed by atoms with Gasteiger partial charge in [0.1, 0.15) is 11.5 Å². The fourth-order valence-corrected chi connectivity index (χ4v) is 2.74. The molecule has 0 N–H and O–H groups in total. The van der Waals surface area contributed by atoms with Gasteiger partial charge in [0.2, 0.25) is 5.28 Å². The number of hydrogen-bond acceptors (Lipinski definition) is 4. The van der Waals surface area contributed by atoms with E-state index in [9.17, 15) is 0 Å². The minimum Gasteiger partial charge on any atom is -0.378 e. The number of rotatable bonds is 3. The highest BCUT2D eigenvalue weighted by atomic mass is 35.5. The average Bonchev–Trinajstić information content (AvgIpc) is 2.81. The number of anilines is 1. The zero-order chi connectivity index (χ0) is 14.1. The van der Waals surface area contributed by atoms with Crippen LogP contribution in [-0.2, 0) is 11.3 Å². The van der Waals surface area contributed by atoms with E-state index in [0.717, 1.165) is 49.7 Å². The number of ether oxygens (including phenoxy) is 1. The van der Waals surface area contributed by atoms with Crippen molar-refractivity contribution in [3.8, 4) is 0 Å². The van der Waals surface area contributed by atoms with Crippen LogP contribution in [0.25, 0.3) is 11.0 Å². The Balaban J connectivity index is 2.05. The molecule has 0 amide bonds. The Morgan fingerprint density at radius 2 is 2.05 bits per heavy atom. The van der Waals surface area contributed by atoms with E-state index in [0.29, 0.717) is 11.2 Å². The molecular weight excluding hydrogens is 276 g/mol. The Morgan fingerprint density at radius 1 is 1.30 bits per heavy atom. The Kier molecular flexibility index (Phi) is 3.81. The predicted molar refractivity (Wildman–Crippen MR) is 80.4 cm³/mol. The molecule has 0 aliphatic carbocycles. The highest BCUT2D eigenvalue weighted by molar-refractivity contribution is 6.28. The van der Waals surface area contributed by atoms with Crippen molar-refractivity contribution in [1.82, 2.24) is 14.5 Å². The van der Waals surface area contributed by atoms with Crippen molar-refractivity contribution >= 4 is 28.5 Å². The van der Waals surface area contributed by atoms with Crippen LogP contribution < -0.4 is 4.90 Å². The van der Waals surface area contributed by atoms with Crippen LogP contribution in [-0.4, -0.2) is 40.8 Å². The second-order valence-electron chi connectivity index (χ2n) is 5.51. The van der Waals surface area contributed by atoms with E-state index in [4.69, 9.17) is 16.3 Å². The van der Waals surface area contributed by atoms with Gasteiger partial charge in [-0.1, -0.05) is 13.8 Å². The van der Waals surface area contributed by atoms with Crippen molar-refractivity contribution in [1.29, 1.82) is 0 Å². The van der Waals surface area contributed by atoms with Gasteiger partial charge in [0.25, 0.3) is 0 Å². The van der Waals surface area contributed by atoms with E-state index in [1.165, 1.54) is 0 Å². The molecule has 1 aliphatic rings. The van der Waals surface area contributed by atoms with Crippen molar-refractivity contribution in [3.63, 3.8) is 0 Å². The standard InChI is InChI=1S/C14H19ClN4O/c1-10(2)9-19-4-3-11-12(16-14(15)17-13(11)19)18-5-7-20-8-6-18/h3-4,10H,5-9H2,1-2H3. The summed E-state index contributed by atoms with van der Waals surface area (Å²) in [5, 5.41) is 1.37. The van der Waals surface area contributed by atoms with Crippen LogP contribution in [0.1, 0.15) is 13.8 Å². The predicted octanol–water partition coefficient (Wildman–Crippen LogP) is 2.58. The van der Waals surface area contributed by atoms with Gasteiger partial charge in [-0.25, -0.2) is 0 Å². The normalized spacial score (nSPS) is 16.3. The van der Waals surface area contributed by atoms with Crippen LogP contribution in [0.5, 0.6) is 0 Å². The number of fused-ring (bicyclic) bond motifs is 1. The lowest BCUT2D eigenvalue weighted by molar-refractivity contribution is 0.122. The van der Waals surface area contributed by atoms with Gasteiger partial charge >= 0.3 is 0 Å². The second kappa shape index (κ2) is 5.58. The Bertz CT molecular complexity index is 604. The number of morpholine rings is 1. The summed E-state index contributed by atoms with van der Waals surface area (Å²) in [4.78, 5) is 11.1. The summed E-state index contributed by atoms with van der Waals surface area (Å²) in [5.74, 6) is 1.48. The first-order valence-corrected chi connectivity index (χ1v) is 7.38. The summed E-state index contributed by atoms with van der Waals surface area (Å²) in [6.45, 7) is 8.47. The topological polar surface area (TPSA) is 43.2 Å². The smallest absolute Gasteiger partial charge is 0.226 e. The van der Waals surface area contributed by atoms with Crippen LogP contribution in [0.15, 0.2) is 12.3 Å². The average molecular weight is 295 g/mol. The minimum absolute atomic E-state index is 0.308.